The second-order valence-electron chi connectivity index (χ2n) is 5.14. The summed E-state index contributed by atoms with van der Waals surface area (Å²) in [7, 11) is 0. The van der Waals surface area contributed by atoms with Gasteiger partial charge >= 0.3 is 0 Å². The summed E-state index contributed by atoms with van der Waals surface area (Å²) in [5.74, 6) is 2.78. The van der Waals surface area contributed by atoms with Gasteiger partial charge in [-0.15, -0.1) is 0 Å². The summed E-state index contributed by atoms with van der Waals surface area (Å²) < 4.78 is 5.97. The number of rotatable bonds is 1. The molecule has 2 bridgehead atoms. The summed E-state index contributed by atoms with van der Waals surface area (Å²) in [4.78, 5) is 0. The van der Waals surface area contributed by atoms with Crippen LogP contribution in [0.15, 0.2) is 23.8 Å². The first-order chi connectivity index (χ1) is 7.15. The molecule has 0 aromatic carbocycles. The maximum Gasteiger partial charge on any atom is 0.0823 e. The molecule has 1 aliphatic carbocycles. The topological polar surface area (TPSA) is 9.23 Å². The summed E-state index contributed by atoms with van der Waals surface area (Å²) in [6.45, 7) is 9.98. The van der Waals surface area contributed by atoms with Crippen molar-refractivity contribution in [2.75, 3.05) is 6.61 Å². The third kappa shape index (κ3) is 1.78. The average Bonchev–Trinajstić information content (AvgIpc) is 2.15. The van der Waals surface area contributed by atoms with Crippen molar-refractivity contribution in [2.24, 2.45) is 23.7 Å². The third-order valence-corrected chi connectivity index (χ3v) is 4.19. The summed E-state index contributed by atoms with van der Waals surface area (Å²) in [5.41, 5.74) is 1.52. The van der Waals surface area contributed by atoms with Crippen LogP contribution in [0.1, 0.15) is 27.7 Å². The Labute approximate surface area is 93.2 Å². The van der Waals surface area contributed by atoms with Gasteiger partial charge in [0.25, 0.3) is 0 Å². The molecule has 0 spiro atoms. The van der Waals surface area contributed by atoms with Gasteiger partial charge in [-0.25, -0.2) is 0 Å². The maximum atomic E-state index is 5.97. The van der Waals surface area contributed by atoms with Gasteiger partial charge in [0.15, 0.2) is 0 Å². The predicted molar refractivity (Wildman–Crippen MR) is 63.6 cm³/mol. The Balaban J connectivity index is 2.29. The fourth-order valence-electron chi connectivity index (χ4n) is 3.36. The Hall–Kier alpha value is -0.560. The minimum atomic E-state index is 0.310. The lowest BCUT2D eigenvalue weighted by molar-refractivity contribution is -0.0687. The van der Waals surface area contributed by atoms with Gasteiger partial charge in [-0.3, -0.25) is 0 Å². The van der Waals surface area contributed by atoms with Crippen LogP contribution in [0.3, 0.4) is 0 Å². The monoisotopic (exact) mass is 206 g/mol. The van der Waals surface area contributed by atoms with Gasteiger partial charge in [-0.2, -0.15) is 0 Å². The molecule has 0 N–H and O–H groups in total. The van der Waals surface area contributed by atoms with E-state index in [1.165, 1.54) is 5.57 Å². The van der Waals surface area contributed by atoms with Gasteiger partial charge in [-0.1, -0.05) is 37.6 Å². The van der Waals surface area contributed by atoms with Crippen molar-refractivity contribution >= 4 is 0 Å². The van der Waals surface area contributed by atoms with Crippen LogP contribution in [-0.2, 0) is 4.74 Å². The Kier molecular flexibility index (Phi) is 3.01. The number of fused-ring (bicyclic) bond motifs is 2. The van der Waals surface area contributed by atoms with E-state index in [0.29, 0.717) is 17.9 Å². The quantitative estimate of drug-likeness (QED) is 0.597. The normalized spacial score (nSPS) is 45.6. The maximum absolute atomic E-state index is 5.97. The first-order valence-electron chi connectivity index (χ1n) is 6.08. The summed E-state index contributed by atoms with van der Waals surface area (Å²) in [5, 5.41) is 0. The lowest BCUT2D eigenvalue weighted by Gasteiger charge is -2.46. The molecule has 5 atom stereocenters. The first-order valence-corrected chi connectivity index (χ1v) is 6.08. The molecule has 1 aliphatic heterocycles. The van der Waals surface area contributed by atoms with E-state index in [1.54, 1.807) is 0 Å². The van der Waals surface area contributed by atoms with Crippen LogP contribution in [-0.4, -0.2) is 12.7 Å². The highest BCUT2D eigenvalue weighted by molar-refractivity contribution is 5.19. The van der Waals surface area contributed by atoms with Crippen LogP contribution >= 0.6 is 0 Å². The predicted octanol–water partition coefficient (Wildman–Crippen LogP) is 3.43. The smallest absolute Gasteiger partial charge is 0.0823 e. The number of hydrogen-bond donors (Lipinski definition) is 0. The highest BCUT2D eigenvalue weighted by Gasteiger charge is 2.42. The van der Waals surface area contributed by atoms with E-state index < -0.39 is 0 Å². The van der Waals surface area contributed by atoms with Crippen molar-refractivity contribution in [1.29, 1.82) is 0 Å². The van der Waals surface area contributed by atoms with Gasteiger partial charge < -0.3 is 4.74 Å². The Morgan fingerprint density at radius 3 is 2.80 bits per heavy atom. The minimum Gasteiger partial charge on any atom is -0.373 e. The van der Waals surface area contributed by atoms with E-state index in [4.69, 9.17) is 4.74 Å². The van der Waals surface area contributed by atoms with Crippen LogP contribution < -0.4 is 0 Å². The van der Waals surface area contributed by atoms with Crippen molar-refractivity contribution in [3.8, 4) is 0 Å². The lowest BCUT2D eigenvalue weighted by Crippen LogP contribution is -2.45. The lowest BCUT2D eigenvalue weighted by atomic mass is 9.65. The highest BCUT2D eigenvalue weighted by atomic mass is 16.5. The van der Waals surface area contributed by atoms with Gasteiger partial charge in [0.05, 0.1) is 12.7 Å². The molecule has 2 aliphatic rings. The molecule has 1 nitrogen and oxygen atoms in total. The highest BCUT2D eigenvalue weighted by Crippen LogP contribution is 2.44. The van der Waals surface area contributed by atoms with Crippen molar-refractivity contribution < 1.29 is 4.74 Å². The second-order valence-corrected chi connectivity index (χ2v) is 5.14. The molecule has 0 aromatic rings. The first kappa shape index (κ1) is 10.9. The standard InChI is InChI=1S/C14H22O/c1-5-6-13-14-10(3)7-9(2)12(8-15-13)11(14)4/h5-7,9,11-14H,8H2,1-4H3/b6-5+/t9-,11+,12-,13+,14+/m1/s1. The van der Waals surface area contributed by atoms with Gasteiger partial charge in [-0.05, 0) is 31.6 Å². The zero-order chi connectivity index (χ0) is 11.0. The summed E-state index contributed by atoms with van der Waals surface area (Å²) in [6.07, 6.45) is 7.09. The van der Waals surface area contributed by atoms with Gasteiger partial charge in [0.2, 0.25) is 0 Å². The van der Waals surface area contributed by atoms with E-state index in [0.717, 1.165) is 18.4 Å². The van der Waals surface area contributed by atoms with Crippen LogP contribution in [0.5, 0.6) is 0 Å². The Morgan fingerprint density at radius 1 is 1.40 bits per heavy atom. The van der Waals surface area contributed by atoms with Gasteiger partial charge in [0, 0.05) is 5.92 Å². The van der Waals surface area contributed by atoms with Crippen molar-refractivity contribution in [2.45, 2.75) is 33.8 Å². The second kappa shape index (κ2) is 4.13. The SMILES string of the molecule is C/C=C/[C@@H]1OC[C@H]2[C@H](C)[C@@H]1C(C)=C[C@H]2C. The van der Waals surface area contributed by atoms with Crippen LogP contribution in [0.4, 0.5) is 0 Å². The molecule has 1 fully saturated rings. The molecular weight excluding hydrogens is 184 g/mol. The molecule has 0 amide bonds. The molecule has 2 rings (SSSR count). The molecular formula is C14H22O. The van der Waals surface area contributed by atoms with Gasteiger partial charge in [0.1, 0.15) is 0 Å². The third-order valence-electron chi connectivity index (χ3n) is 4.19. The van der Waals surface area contributed by atoms with E-state index in [2.05, 4.69) is 45.9 Å². The van der Waals surface area contributed by atoms with E-state index in [-0.39, 0.29) is 0 Å². The minimum absolute atomic E-state index is 0.310. The Morgan fingerprint density at radius 2 is 2.13 bits per heavy atom. The molecule has 15 heavy (non-hydrogen) atoms. The van der Waals surface area contributed by atoms with Crippen LogP contribution in [0.25, 0.3) is 0 Å². The summed E-state index contributed by atoms with van der Waals surface area (Å²) in [6, 6.07) is 0. The molecule has 1 heterocycles. The van der Waals surface area contributed by atoms with E-state index in [9.17, 15) is 0 Å². The number of allylic oxidation sites excluding steroid dienone is 2. The molecule has 84 valence electrons. The van der Waals surface area contributed by atoms with E-state index >= 15 is 0 Å². The number of ether oxygens (including phenoxy) is 1. The van der Waals surface area contributed by atoms with Crippen LogP contribution in [0.2, 0.25) is 0 Å². The molecule has 1 heteroatoms. The largest absolute Gasteiger partial charge is 0.373 e. The fraction of sp³-hybridized carbons (Fsp3) is 0.714. The fourth-order valence-corrected chi connectivity index (χ4v) is 3.36. The van der Waals surface area contributed by atoms with Crippen LogP contribution in [0, 0.1) is 23.7 Å². The summed E-state index contributed by atoms with van der Waals surface area (Å²) >= 11 is 0. The molecule has 0 saturated carbocycles. The number of hydrogen-bond acceptors (Lipinski definition) is 1. The van der Waals surface area contributed by atoms with Crippen molar-refractivity contribution in [3.63, 3.8) is 0 Å². The van der Waals surface area contributed by atoms with Crippen molar-refractivity contribution in [3.05, 3.63) is 23.8 Å². The molecule has 0 aromatic heterocycles. The molecule has 1 saturated heterocycles. The van der Waals surface area contributed by atoms with Crippen molar-refractivity contribution in [1.82, 2.24) is 0 Å². The zero-order valence-electron chi connectivity index (χ0n) is 10.2. The Bertz CT molecular complexity index is 290. The molecule has 0 unspecified atom stereocenters. The zero-order valence-corrected chi connectivity index (χ0v) is 10.2. The molecule has 0 radical (unpaired) electrons. The average molecular weight is 206 g/mol. The van der Waals surface area contributed by atoms with E-state index in [1.807, 2.05) is 0 Å².